The van der Waals surface area contributed by atoms with Crippen molar-refractivity contribution in [3.63, 3.8) is 0 Å². The van der Waals surface area contributed by atoms with Crippen molar-refractivity contribution in [3.05, 3.63) is 82.8 Å². The lowest BCUT2D eigenvalue weighted by Gasteiger charge is -2.03. The number of ether oxygens (including phenoxy) is 1. The predicted molar refractivity (Wildman–Crippen MR) is 102 cm³/mol. The minimum absolute atomic E-state index is 0.233. The Hall–Kier alpha value is -3.74. The third-order valence-corrected chi connectivity index (χ3v) is 3.72. The molecular weight excluding hydrogens is 344 g/mol. The van der Waals surface area contributed by atoms with Gasteiger partial charge in [-0.3, -0.25) is 9.89 Å². The minimum Gasteiger partial charge on any atom is -0.423 e. The molecule has 0 saturated heterocycles. The van der Waals surface area contributed by atoms with Crippen molar-refractivity contribution >= 4 is 17.3 Å². The SMILES string of the molecule is C=C(C)C(=O)Oc1ccc(N=Nc2c(C)[nH]n(-c3ccccc3)c2=O)cc1. The van der Waals surface area contributed by atoms with E-state index in [2.05, 4.69) is 21.9 Å². The molecule has 7 heteroatoms. The number of azo groups is 1. The Morgan fingerprint density at radius 3 is 2.37 bits per heavy atom. The largest absolute Gasteiger partial charge is 0.423 e. The maximum absolute atomic E-state index is 12.6. The normalized spacial score (nSPS) is 10.9. The van der Waals surface area contributed by atoms with E-state index in [4.69, 9.17) is 4.74 Å². The van der Waals surface area contributed by atoms with E-state index >= 15 is 0 Å². The van der Waals surface area contributed by atoms with E-state index in [0.717, 1.165) is 5.69 Å². The van der Waals surface area contributed by atoms with Crippen LogP contribution in [-0.2, 0) is 4.79 Å². The molecule has 0 aliphatic rings. The number of para-hydroxylation sites is 1. The Labute approximate surface area is 155 Å². The van der Waals surface area contributed by atoms with Gasteiger partial charge in [0.2, 0.25) is 0 Å². The maximum atomic E-state index is 12.6. The minimum atomic E-state index is -0.492. The maximum Gasteiger partial charge on any atom is 0.338 e. The van der Waals surface area contributed by atoms with Crippen molar-refractivity contribution in [3.8, 4) is 11.4 Å². The third-order valence-electron chi connectivity index (χ3n) is 3.72. The number of rotatable bonds is 5. The number of aryl methyl sites for hydroxylation is 1. The van der Waals surface area contributed by atoms with Gasteiger partial charge in [0.05, 0.1) is 17.1 Å². The summed E-state index contributed by atoms with van der Waals surface area (Å²) in [6, 6.07) is 15.7. The number of nitrogens with one attached hydrogen (secondary N) is 1. The molecule has 0 radical (unpaired) electrons. The molecule has 0 amide bonds. The van der Waals surface area contributed by atoms with Crippen molar-refractivity contribution < 1.29 is 9.53 Å². The van der Waals surface area contributed by atoms with E-state index in [1.807, 2.05) is 30.3 Å². The van der Waals surface area contributed by atoms with Crippen molar-refractivity contribution in [2.45, 2.75) is 13.8 Å². The molecule has 0 aliphatic heterocycles. The van der Waals surface area contributed by atoms with Crippen LogP contribution in [0.2, 0.25) is 0 Å². The van der Waals surface area contributed by atoms with Crippen molar-refractivity contribution in [1.29, 1.82) is 0 Å². The first-order chi connectivity index (χ1) is 13.0. The zero-order valence-corrected chi connectivity index (χ0v) is 15.0. The second-order valence-corrected chi connectivity index (χ2v) is 5.93. The number of hydrogen-bond acceptors (Lipinski definition) is 5. The van der Waals surface area contributed by atoms with Gasteiger partial charge in [-0.2, -0.15) is 5.11 Å². The summed E-state index contributed by atoms with van der Waals surface area (Å²) >= 11 is 0. The monoisotopic (exact) mass is 362 g/mol. The fraction of sp³-hybridized carbons (Fsp3) is 0.100. The van der Waals surface area contributed by atoms with Crippen LogP contribution < -0.4 is 10.3 Å². The van der Waals surface area contributed by atoms with Crippen LogP contribution in [0.25, 0.3) is 5.69 Å². The number of nitrogens with zero attached hydrogens (tertiary/aromatic N) is 3. The van der Waals surface area contributed by atoms with Gasteiger partial charge in [-0.05, 0) is 50.2 Å². The number of aromatic nitrogens is 2. The first-order valence-electron chi connectivity index (χ1n) is 8.22. The summed E-state index contributed by atoms with van der Waals surface area (Å²) in [5.41, 5.74) is 2.12. The molecule has 27 heavy (non-hydrogen) atoms. The molecule has 3 rings (SSSR count). The summed E-state index contributed by atoms with van der Waals surface area (Å²) < 4.78 is 6.54. The smallest absolute Gasteiger partial charge is 0.338 e. The van der Waals surface area contributed by atoms with Crippen LogP contribution in [0.4, 0.5) is 11.4 Å². The molecule has 7 nitrogen and oxygen atoms in total. The van der Waals surface area contributed by atoms with Crippen molar-refractivity contribution in [2.24, 2.45) is 10.2 Å². The molecule has 1 N–H and O–H groups in total. The highest BCUT2D eigenvalue weighted by Crippen LogP contribution is 2.22. The van der Waals surface area contributed by atoms with Crippen LogP contribution in [-0.4, -0.2) is 15.7 Å². The van der Waals surface area contributed by atoms with Crippen LogP contribution in [0.3, 0.4) is 0 Å². The number of esters is 1. The number of benzene rings is 2. The van der Waals surface area contributed by atoms with Crippen LogP contribution in [0.5, 0.6) is 5.75 Å². The second kappa shape index (κ2) is 7.65. The molecule has 0 saturated carbocycles. The van der Waals surface area contributed by atoms with Crippen molar-refractivity contribution in [2.75, 3.05) is 0 Å². The quantitative estimate of drug-likeness (QED) is 0.316. The van der Waals surface area contributed by atoms with Crippen molar-refractivity contribution in [1.82, 2.24) is 9.78 Å². The Balaban J connectivity index is 1.81. The van der Waals surface area contributed by atoms with Crippen LogP contribution in [0, 0.1) is 6.92 Å². The molecular formula is C20H18N4O3. The molecule has 0 unspecified atom stereocenters. The van der Waals surface area contributed by atoms with Gasteiger partial charge in [0.25, 0.3) is 5.56 Å². The van der Waals surface area contributed by atoms with Crippen LogP contribution in [0.1, 0.15) is 12.6 Å². The summed E-state index contributed by atoms with van der Waals surface area (Å²) in [7, 11) is 0. The van der Waals surface area contributed by atoms with Gasteiger partial charge in [-0.1, -0.05) is 24.8 Å². The molecule has 136 valence electrons. The van der Waals surface area contributed by atoms with Gasteiger partial charge < -0.3 is 4.74 Å². The number of aromatic amines is 1. The van der Waals surface area contributed by atoms with E-state index in [1.165, 1.54) is 4.68 Å². The topological polar surface area (TPSA) is 88.8 Å². The van der Waals surface area contributed by atoms with E-state index in [9.17, 15) is 9.59 Å². The summed E-state index contributed by atoms with van der Waals surface area (Å²) in [6.07, 6.45) is 0. The molecule has 2 aromatic carbocycles. The summed E-state index contributed by atoms with van der Waals surface area (Å²) in [4.78, 5) is 24.1. The fourth-order valence-electron chi connectivity index (χ4n) is 2.30. The lowest BCUT2D eigenvalue weighted by Crippen LogP contribution is -2.13. The summed E-state index contributed by atoms with van der Waals surface area (Å²) in [5.74, 6) is -0.111. The van der Waals surface area contributed by atoms with E-state index < -0.39 is 5.97 Å². The van der Waals surface area contributed by atoms with Gasteiger partial charge >= 0.3 is 5.97 Å². The zero-order chi connectivity index (χ0) is 19.4. The first-order valence-corrected chi connectivity index (χ1v) is 8.22. The molecule has 1 heterocycles. The third kappa shape index (κ3) is 4.09. The molecule has 3 aromatic rings. The summed E-state index contributed by atoms with van der Waals surface area (Å²) in [5, 5.41) is 11.2. The van der Waals surface area contributed by atoms with Gasteiger partial charge in [-0.25, -0.2) is 9.48 Å². The highest BCUT2D eigenvalue weighted by atomic mass is 16.5. The Kier molecular flexibility index (Phi) is 5.12. The Morgan fingerprint density at radius 2 is 1.74 bits per heavy atom. The Morgan fingerprint density at radius 1 is 1.07 bits per heavy atom. The van der Waals surface area contributed by atoms with Gasteiger partial charge in [-0.15, -0.1) is 5.11 Å². The highest BCUT2D eigenvalue weighted by Gasteiger charge is 2.12. The molecule has 1 aromatic heterocycles. The number of hydrogen-bond donors (Lipinski definition) is 1. The predicted octanol–water partition coefficient (Wildman–Crippen LogP) is 4.37. The molecule has 0 spiro atoms. The number of H-pyrrole nitrogens is 1. The van der Waals surface area contributed by atoms with E-state index in [1.54, 1.807) is 38.1 Å². The van der Waals surface area contributed by atoms with E-state index in [0.29, 0.717) is 22.7 Å². The average Bonchev–Trinajstić information content (AvgIpc) is 2.95. The van der Waals surface area contributed by atoms with Gasteiger partial charge in [0.15, 0.2) is 5.69 Å². The van der Waals surface area contributed by atoms with Gasteiger partial charge in [0.1, 0.15) is 5.75 Å². The molecule has 0 aliphatic carbocycles. The lowest BCUT2D eigenvalue weighted by molar-refractivity contribution is -0.130. The Bertz CT molecular complexity index is 1060. The van der Waals surface area contributed by atoms with Crippen LogP contribution in [0.15, 0.2) is 81.8 Å². The molecule has 0 atom stereocenters. The van der Waals surface area contributed by atoms with Crippen LogP contribution >= 0.6 is 0 Å². The highest BCUT2D eigenvalue weighted by molar-refractivity contribution is 5.88. The fourth-order valence-corrected chi connectivity index (χ4v) is 2.30. The van der Waals surface area contributed by atoms with E-state index in [-0.39, 0.29) is 11.2 Å². The number of carbonyl (C=O) groups excluding carboxylic acids is 1. The average molecular weight is 362 g/mol. The van der Waals surface area contributed by atoms with Gasteiger partial charge in [0, 0.05) is 5.57 Å². The molecule has 0 fully saturated rings. The number of carbonyl (C=O) groups is 1. The molecule has 0 bridgehead atoms. The first kappa shape index (κ1) is 18.1. The second-order valence-electron chi connectivity index (χ2n) is 5.93. The zero-order valence-electron chi connectivity index (χ0n) is 15.0. The standard InChI is InChI=1S/C20H18N4O3/c1-13(2)20(26)27-17-11-9-15(10-12-17)21-22-18-14(3)23-24(19(18)25)16-7-5-4-6-8-16/h4-12,23H,1H2,2-3H3. The lowest BCUT2D eigenvalue weighted by atomic mass is 10.3. The summed E-state index contributed by atoms with van der Waals surface area (Å²) in [6.45, 7) is 6.86.